The lowest BCUT2D eigenvalue weighted by Gasteiger charge is -2.15. The van der Waals surface area contributed by atoms with Crippen LogP contribution in [0, 0.1) is 18.8 Å². The minimum atomic E-state index is -3.53. The van der Waals surface area contributed by atoms with Crippen molar-refractivity contribution < 1.29 is 13.5 Å². The van der Waals surface area contributed by atoms with Crippen LogP contribution in [-0.2, 0) is 10.2 Å². The Morgan fingerprint density at radius 3 is 2.61 bits per heavy atom. The SMILES string of the molecule is Cc1ccc(C#CCO)cc1NS(=O)(=O)N(C)C. The van der Waals surface area contributed by atoms with Crippen LogP contribution in [0.1, 0.15) is 11.1 Å². The van der Waals surface area contributed by atoms with Crippen molar-refractivity contribution in [3.05, 3.63) is 29.3 Å². The number of benzene rings is 1. The van der Waals surface area contributed by atoms with E-state index >= 15 is 0 Å². The summed E-state index contributed by atoms with van der Waals surface area (Å²) >= 11 is 0. The van der Waals surface area contributed by atoms with E-state index in [-0.39, 0.29) is 6.61 Å². The fourth-order valence-electron chi connectivity index (χ4n) is 1.18. The predicted octanol–water partition coefficient (Wildman–Crippen LogP) is 0.557. The van der Waals surface area contributed by atoms with Gasteiger partial charge in [0.1, 0.15) is 6.61 Å². The van der Waals surface area contributed by atoms with Gasteiger partial charge in [-0.3, -0.25) is 4.72 Å². The van der Waals surface area contributed by atoms with Crippen molar-refractivity contribution in [1.29, 1.82) is 0 Å². The lowest BCUT2D eigenvalue weighted by atomic mass is 10.1. The first-order chi connectivity index (χ1) is 8.36. The minimum Gasteiger partial charge on any atom is -0.384 e. The summed E-state index contributed by atoms with van der Waals surface area (Å²) in [5.74, 6) is 5.24. The van der Waals surface area contributed by atoms with E-state index in [9.17, 15) is 8.42 Å². The first-order valence-electron chi connectivity index (χ1n) is 5.27. The quantitative estimate of drug-likeness (QED) is 0.787. The number of hydrogen-bond donors (Lipinski definition) is 2. The second-order valence-electron chi connectivity index (χ2n) is 3.88. The van der Waals surface area contributed by atoms with Crippen LogP contribution >= 0.6 is 0 Å². The molecule has 2 N–H and O–H groups in total. The molecule has 5 nitrogen and oxygen atoms in total. The number of hydrogen-bond acceptors (Lipinski definition) is 3. The van der Waals surface area contributed by atoms with Crippen LogP contribution in [0.25, 0.3) is 0 Å². The summed E-state index contributed by atoms with van der Waals surface area (Å²) < 4.78 is 27.0. The third-order valence-corrected chi connectivity index (χ3v) is 3.71. The molecule has 0 saturated carbocycles. The maximum absolute atomic E-state index is 11.7. The number of nitrogens with zero attached hydrogens (tertiary/aromatic N) is 1. The van der Waals surface area contributed by atoms with E-state index in [1.165, 1.54) is 14.1 Å². The molecule has 0 aliphatic rings. The summed E-state index contributed by atoms with van der Waals surface area (Å²) in [6.07, 6.45) is 0. The molecule has 0 bridgehead atoms. The Kier molecular flexibility index (Phi) is 4.73. The zero-order valence-electron chi connectivity index (χ0n) is 10.6. The van der Waals surface area contributed by atoms with Gasteiger partial charge >= 0.3 is 10.2 Å². The largest absolute Gasteiger partial charge is 0.384 e. The van der Waals surface area contributed by atoms with Crippen molar-refractivity contribution in [3.63, 3.8) is 0 Å². The second kappa shape index (κ2) is 5.87. The number of anilines is 1. The smallest absolute Gasteiger partial charge is 0.301 e. The minimum absolute atomic E-state index is 0.230. The third kappa shape index (κ3) is 3.74. The van der Waals surface area contributed by atoms with E-state index in [4.69, 9.17) is 5.11 Å². The fourth-order valence-corrected chi connectivity index (χ4v) is 1.86. The number of rotatable bonds is 3. The summed E-state index contributed by atoms with van der Waals surface area (Å²) in [6, 6.07) is 5.18. The van der Waals surface area contributed by atoms with E-state index < -0.39 is 10.2 Å². The van der Waals surface area contributed by atoms with Crippen molar-refractivity contribution >= 4 is 15.9 Å². The number of aryl methyl sites for hydroxylation is 1. The number of aliphatic hydroxyl groups is 1. The van der Waals surface area contributed by atoms with E-state index in [0.29, 0.717) is 11.3 Å². The van der Waals surface area contributed by atoms with Gasteiger partial charge in [0, 0.05) is 19.7 Å². The number of aliphatic hydroxyl groups excluding tert-OH is 1. The van der Waals surface area contributed by atoms with Crippen molar-refractivity contribution in [1.82, 2.24) is 4.31 Å². The van der Waals surface area contributed by atoms with Crippen molar-refractivity contribution in [2.45, 2.75) is 6.92 Å². The normalized spacial score (nSPS) is 10.9. The molecule has 0 aromatic heterocycles. The van der Waals surface area contributed by atoms with E-state index in [1.54, 1.807) is 25.1 Å². The van der Waals surface area contributed by atoms with Gasteiger partial charge in [-0.05, 0) is 24.6 Å². The maximum Gasteiger partial charge on any atom is 0.301 e. The van der Waals surface area contributed by atoms with Crippen LogP contribution in [0.5, 0.6) is 0 Å². The molecule has 0 aliphatic heterocycles. The zero-order chi connectivity index (χ0) is 13.8. The Bertz CT molecular complexity index is 583. The third-order valence-electron chi connectivity index (χ3n) is 2.27. The van der Waals surface area contributed by atoms with E-state index in [2.05, 4.69) is 16.6 Å². The summed E-state index contributed by atoms with van der Waals surface area (Å²) in [5.41, 5.74) is 1.93. The number of nitrogens with one attached hydrogen (secondary N) is 1. The van der Waals surface area contributed by atoms with Crippen LogP contribution in [-0.4, -0.2) is 38.5 Å². The molecule has 0 amide bonds. The van der Waals surface area contributed by atoms with Crippen molar-refractivity contribution in [2.75, 3.05) is 25.4 Å². The van der Waals surface area contributed by atoms with E-state index in [1.807, 2.05) is 0 Å². The van der Waals surface area contributed by atoms with Gasteiger partial charge in [-0.25, -0.2) is 0 Å². The summed E-state index contributed by atoms with van der Waals surface area (Å²) in [6.45, 7) is 1.57. The van der Waals surface area contributed by atoms with Gasteiger partial charge in [0.25, 0.3) is 0 Å². The highest BCUT2D eigenvalue weighted by Gasteiger charge is 2.14. The highest BCUT2D eigenvalue weighted by Crippen LogP contribution is 2.18. The Balaban J connectivity index is 3.09. The summed E-state index contributed by atoms with van der Waals surface area (Å²) in [5, 5.41) is 8.62. The molecule has 1 aromatic rings. The van der Waals surface area contributed by atoms with Gasteiger partial charge in [-0.15, -0.1) is 0 Å². The van der Waals surface area contributed by atoms with Gasteiger partial charge in [-0.1, -0.05) is 17.9 Å². The summed E-state index contributed by atoms with van der Waals surface area (Å²) in [4.78, 5) is 0. The molecule has 0 atom stereocenters. The molecule has 0 unspecified atom stereocenters. The van der Waals surface area contributed by atoms with Crippen LogP contribution in [0.3, 0.4) is 0 Å². The lowest BCUT2D eigenvalue weighted by molar-refractivity contribution is 0.350. The van der Waals surface area contributed by atoms with Crippen LogP contribution in [0.2, 0.25) is 0 Å². The molecule has 18 heavy (non-hydrogen) atoms. The standard InChI is InChI=1S/C12H16N2O3S/c1-10-6-7-11(5-4-8-15)9-12(10)13-18(16,17)14(2)3/h6-7,9,13,15H,8H2,1-3H3. The Morgan fingerprint density at radius 1 is 1.39 bits per heavy atom. The summed E-state index contributed by atoms with van der Waals surface area (Å²) in [7, 11) is -0.622. The second-order valence-corrected chi connectivity index (χ2v) is 5.76. The molecule has 6 heteroatoms. The van der Waals surface area contributed by atoms with E-state index in [0.717, 1.165) is 9.87 Å². The molecule has 0 radical (unpaired) electrons. The van der Waals surface area contributed by atoms with Gasteiger partial charge in [0.2, 0.25) is 0 Å². The zero-order valence-corrected chi connectivity index (χ0v) is 11.4. The lowest BCUT2D eigenvalue weighted by Crippen LogP contribution is -2.29. The molecule has 0 aliphatic carbocycles. The average molecular weight is 268 g/mol. The molecule has 0 saturated heterocycles. The Labute approximate surface area is 108 Å². The molecule has 0 fully saturated rings. The topological polar surface area (TPSA) is 69.6 Å². The molecular weight excluding hydrogens is 252 g/mol. The molecule has 98 valence electrons. The molecule has 0 heterocycles. The van der Waals surface area contributed by atoms with Crippen LogP contribution in [0.4, 0.5) is 5.69 Å². The maximum atomic E-state index is 11.7. The monoisotopic (exact) mass is 268 g/mol. The van der Waals surface area contributed by atoms with Gasteiger partial charge in [-0.2, -0.15) is 12.7 Å². The first-order valence-corrected chi connectivity index (χ1v) is 6.71. The molecular formula is C12H16N2O3S. The highest BCUT2D eigenvalue weighted by molar-refractivity contribution is 7.90. The highest BCUT2D eigenvalue weighted by atomic mass is 32.2. The van der Waals surface area contributed by atoms with Crippen molar-refractivity contribution in [3.8, 4) is 11.8 Å². The fraction of sp³-hybridized carbons (Fsp3) is 0.333. The average Bonchev–Trinajstić information content (AvgIpc) is 2.29. The van der Waals surface area contributed by atoms with Gasteiger partial charge < -0.3 is 5.11 Å². The Hall–Kier alpha value is -1.55. The molecule has 1 rings (SSSR count). The van der Waals surface area contributed by atoms with Gasteiger partial charge in [0.15, 0.2) is 0 Å². The Morgan fingerprint density at radius 2 is 2.06 bits per heavy atom. The van der Waals surface area contributed by atoms with Crippen LogP contribution in [0.15, 0.2) is 18.2 Å². The first kappa shape index (κ1) is 14.5. The molecule has 0 spiro atoms. The van der Waals surface area contributed by atoms with Crippen LogP contribution < -0.4 is 4.72 Å². The molecule has 1 aromatic carbocycles. The van der Waals surface area contributed by atoms with Crippen molar-refractivity contribution in [2.24, 2.45) is 0 Å². The predicted molar refractivity (Wildman–Crippen MR) is 71.4 cm³/mol. The van der Waals surface area contributed by atoms with Gasteiger partial charge in [0.05, 0.1) is 5.69 Å².